The quantitative estimate of drug-likeness (QED) is 0.783. The topological polar surface area (TPSA) is 15.3 Å². The van der Waals surface area contributed by atoms with Crippen LogP contribution in [0.3, 0.4) is 0 Å². The molecule has 2 fully saturated rings. The summed E-state index contributed by atoms with van der Waals surface area (Å²) in [5, 5.41) is 3.67. The van der Waals surface area contributed by atoms with E-state index in [0.717, 1.165) is 18.6 Å². The molecule has 1 N–H and O–H groups in total. The molecule has 2 nitrogen and oxygen atoms in total. The van der Waals surface area contributed by atoms with Gasteiger partial charge in [0.25, 0.3) is 0 Å². The number of rotatable bonds is 4. The lowest BCUT2D eigenvalue weighted by Gasteiger charge is -2.30. The first-order valence-electron chi connectivity index (χ1n) is 8.27. The van der Waals surface area contributed by atoms with Gasteiger partial charge < -0.3 is 5.32 Å². The number of allylic oxidation sites excluding steroid dienone is 3. The highest BCUT2D eigenvalue weighted by atomic mass is 15.2. The van der Waals surface area contributed by atoms with Crippen molar-refractivity contribution in [1.82, 2.24) is 10.2 Å². The van der Waals surface area contributed by atoms with Gasteiger partial charge in [0.1, 0.15) is 0 Å². The minimum Gasteiger partial charge on any atom is -0.312 e. The first-order chi connectivity index (χ1) is 9.85. The van der Waals surface area contributed by atoms with E-state index in [1.54, 1.807) is 0 Å². The number of hydrogen-bond acceptors (Lipinski definition) is 2. The molecule has 114 valence electrons. The van der Waals surface area contributed by atoms with Crippen LogP contribution in [-0.2, 0) is 0 Å². The number of likely N-dealkylation sites (tertiary alicyclic amines) is 1. The molecule has 20 heavy (non-hydrogen) atoms. The maximum atomic E-state index is 3.82. The zero-order chi connectivity index (χ0) is 14.8. The second-order valence-electron chi connectivity index (χ2n) is 5.36. The van der Waals surface area contributed by atoms with Gasteiger partial charge in [0, 0.05) is 18.6 Å². The third-order valence-electron chi connectivity index (χ3n) is 4.09. The molecule has 2 heteroatoms. The van der Waals surface area contributed by atoms with Gasteiger partial charge in [-0.2, -0.15) is 0 Å². The Labute approximate surface area is 125 Å². The van der Waals surface area contributed by atoms with Crippen LogP contribution in [0.15, 0.2) is 36.5 Å². The van der Waals surface area contributed by atoms with Gasteiger partial charge in [-0.1, -0.05) is 51.2 Å². The van der Waals surface area contributed by atoms with Gasteiger partial charge in [-0.05, 0) is 44.8 Å². The summed E-state index contributed by atoms with van der Waals surface area (Å²) in [6.45, 7) is 13.4. The van der Waals surface area contributed by atoms with E-state index in [1.165, 1.54) is 44.3 Å². The van der Waals surface area contributed by atoms with Crippen molar-refractivity contribution in [1.29, 1.82) is 0 Å². The lowest BCUT2D eigenvalue weighted by molar-refractivity contribution is 0.212. The largest absolute Gasteiger partial charge is 0.312 e. The van der Waals surface area contributed by atoms with Gasteiger partial charge in [-0.25, -0.2) is 0 Å². The predicted octanol–water partition coefficient (Wildman–Crippen LogP) is 3.92. The van der Waals surface area contributed by atoms with Gasteiger partial charge in [0.05, 0.1) is 0 Å². The van der Waals surface area contributed by atoms with Crippen LogP contribution in [0, 0.1) is 0 Å². The number of fused-ring (bicyclic) bond motifs is 1. The third-order valence-corrected chi connectivity index (χ3v) is 4.09. The molecule has 0 amide bonds. The van der Waals surface area contributed by atoms with E-state index in [0.29, 0.717) is 0 Å². The Hall–Kier alpha value is -0.860. The van der Waals surface area contributed by atoms with Crippen molar-refractivity contribution in [2.45, 2.75) is 58.5 Å². The van der Waals surface area contributed by atoms with Crippen molar-refractivity contribution >= 4 is 0 Å². The first-order valence-corrected chi connectivity index (χ1v) is 8.27. The average Bonchev–Trinajstić information content (AvgIpc) is 2.86. The fraction of sp³-hybridized carbons (Fsp3) is 0.667. The van der Waals surface area contributed by atoms with Crippen molar-refractivity contribution in [2.75, 3.05) is 19.6 Å². The van der Waals surface area contributed by atoms with Crippen LogP contribution in [0.2, 0.25) is 0 Å². The second kappa shape index (κ2) is 9.95. The first kappa shape index (κ1) is 17.2. The van der Waals surface area contributed by atoms with Crippen LogP contribution in [0.1, 0.15) is 46.5 Å². The van der Waals surface area contributed by atoms with Crippen molar-refractivity contribution in [2.24, 2.45) is 0 Å². The summed E-state index contributed by atoms with van der Waals surface area (Å²) in [5.74, 6) is 0. The van der Waals surface area contributed by atoms with E-state index in [4.69, 9.17) is 0 Å². The summed E-state index contributed by atoms with van der Waals surface area (Å²) in [5.41, 5.74) is 1.38. The molecule has 0 aromatic carbocycles. The number of nitrogens with zero attached hydrogens (tertiary/aromatic N) is 1. The maximum absolute atomic E-state index is 3.82. The van der Waals surface area contributed by atoms with Crippen LogP contribution < -0.4 is 5.32 Å². The summed E-state index contributed by atoms with van der Waals surface area (Å²) in [7, 11) is 0. The highest BCUT2D eigenvalue weighted by molar-refractivity contribution is 5.24. The summed E-state index contributed by atoms with van der Waals surface area (Å²) in [4.78, 5) is 2.67. The van der Waals surface area contributed by atoms with Crippen LogP contribution in [-0.4, -0.2) is 36.6 Å². The average molecular weight is 276 g/mol. The van der Waals surface area contributed by atoms with Gasteiger partial charge in [0.2, 0.25) is 0 Å². The summed E-state index contributed by atoms with van der Waals surface area (Å²) >= 11 is 0. The van der Waals surface area contributed by atoms with Crippen LogP contribution in [0.25, 0.3) is 0 Å². The maximum Gasteiger partial charge on any atom is 0.0264 e. The van der Waals surface area contributed by atoms with Crippen LogP contribution >= 0.6 is 0 Å². The molecule has 0 aliphatic carbocycles. The van der Waals surface area contributed by atoms with Crippen molar-refractivity contribution in [3.8, 4) is 0 Å². The molecule has 2 atom stereocenters. The predicted molar refractivity (Wildman–Crippen MR) is 90.1 cm³/mol. The summed E-state index contributed by atoms with van der Waals surface area (Å²) in [6, 6.07) is 1.47. The molecule has 0 aromatic heterocycles. The van der Waals surface area contributed by atoms with E-state index in [9.17, 15) is 0 Å². The Morgan fingerprint density at radius 3 is 2.80 bits per heavy atom. The molecule has 2 rings (SSSR count). The van der Waals surface area contributed by atoms with Crippen molar-refractivity contribution < 1.29 is 0 Å². The van der Waals surface area contributed by atoms with Gasteiger partial charge in [-0.3, -0.25) is 4.90 Å². The molecule has 0 spiro atoms. The number of nitrogens with one attached hydrogen (secondary N) is 1. The fourth-order valence-corrected chi connectivity index (χ4v) is 3.29. The molecule has 2 aliphatic heterocycles. The summed E-state index contributed by atoms with van der Waals surface area (Å²) < 4.78 is 0. The Morgan fingerprint density at radius 1 is 1.30 bits per heavy atom. The van der Waals surface area contributed by atoms with Gasteiger partial charge >= 0.3 is 0 Å². The monoisotopic (exact) mass is 276 g/mol. The van der Waals surface area contributed by atoms with E-state index < -0.39 is 0 Å². The molecular weight excluding hydrogens is 244 g/mol. The Morgan fingerprint density at radius 2 is 2.10 bits per heavy atom. The zero-order valence-electron chi connectivity index (χ0n) is 13.6. The smallest absolute Gasteiger partial charge is 0.0264 e. The van der Waals surface area contributed by atoms with E-state index in [1.807, 2.05) is 19.9 Å². The molecule has 2 aliphatic rings. The van der Waals surface area contributed by atoms with Gasteiger partial charge in [0.15, 0.2) is 0 Å². The third kappa shape index (κ3) is 4.92. The molecule has 2 heterocycles. The molecule has 0 radical (unpaired) electrons. The molecular formula is C18H32N2. The highest BCUT2D eigenvalue weighted by Gasteiger charge is 2.33. The van der Waals surface area contributed by atoms with Crippen molar-refractivity contribution in [3.63, 3.8) is 0 Å². The SMILES string of the molecule is C=C/C=C(\C=C/C)CN1CCCCC2NCCC21.CC. The van der Waals surface area contributed by atoms with E-state index in [2.05, 4.69) is 41.9 Å². The minimum absolute atomic E-state index is 0.725. The highest BCUT2D eigenvalue weighted by Crippen LogP contribution is 2.24. The summed E-state index contributed by atoms with van der Waals surface area (Å²) in [6.07, 6.45) is 13.7. The Kier molecular flexibility index (Phi) is 8.56. The van der Waals surface area contributed by atoms with E-state index in [-0.39, 0.29) is 0 Å². The number of hydrogen-bond donors (Lipinski definition) is 1. The van der Waals surface area contributed by atoms with E-state index >= 15 is 0 Å². The van der Waals surface area contributed by atoms with Crippen molar-refractivity contribution in [3.05, 3.63) is 36.5 Å². The molecule has 0 bridgehead atoms. The molecule has 0 saturated carbocycles. The van der Waals surface area contributed by atoms with Gasteiger partial charge in [-0.15, -0.1) is 0 Å². The van der Waals surface area contributed by atoms with Crippen LogP contribution in [0.5, 0.6) is 0 Å². The Bertz CT molecular complexity index is 330. The standard InChI is InChI=1S/C16H26N2.C2H6/c1-3-7-14(8-4-2)13-18-12-6-5-9-15-16(18)10-11-17-15;1-2/h3-4,7-8,15-17H,1,5-6,9-13H2,2H3;1-2H3/b8-4-,14-7+;. The zero-order valence-corrected chi connectivity index (χ0v) is 13.6. The molecule has 2 saturated heterocycles. The van der Waals surface area contributed by atoms with Crippen LogP contribution in [0.4, 0.5) is 0 Å². The lowest BCUT2D eigenvalue weighted by Crippen LogP contribution is -2.43. The Balaban J connectivity index is 0.000000956. The molecule has 0 aromatic rings. The fourth-order valence-electron chi connectivity index (χ4n) is 3.29. The lowest BCUT2D eigenvalue weighted by atomic mass is 10.0. The minimum atomic E-state index is 0.725. The molecule has 2 unspecified atom stereocenters. The normalized spacial score (nSPS) is 27.6. The second-order valence-corrected chi connectivity index (χ2v) is 5.36.